The van der Waals surface area contributed by atoms with Crippen LogP contribution in [-0.4, -0.2) is 0 Å². The smallest absolute Gasteiger partial charge is 0.0350 e. The first-order valence-corrected chi connectivity index (χ1v) is 4.85. The zero-order valence-electron chi connectivity index (χ0n) is 8.89. The number of hydrogen-bond donors (Lipinski definition) is 1. The van der Waals surface area contributed by atoms with E-state index >= 15 is 0 Å². The Morgan fingerprint density at radius 2 is 1.14 bits per heavy atom. The fourth-order valence-electron chi connectivity index (χ4n) is 1.71. The molecule has 1 heteroatoms. The predicted molar refractivity (Wildman–Crippen MR) is 62.6 cm³/mol. The molecule has 0 amide bonds. The lowest BCUT2D eigenvalue weighted by Gasteiger charge is -2.07. The van der Waals surface area contributed by atoms with E-state index < -0.39 is 0 Å². The molecule has 2 rings (SSSR count). The third-order valence-corrected chi connectivity index (χ3v) is 2.84. The standard InChI is InChI=1S/C13H15N/c1-8-4-11-6-10(3)13(14)7-12(11)5-9(8)2/h4-7H,14H2,1-3H3. The number of rotatable bonds is 0. The van der Waals surface area contributed by atoms with Crippen LogP contribution in [-0.2, 0) is 0 Å². The summed E-state index contributed by atoms with van der Waals surface area (Å²) in [5, 5.41) is 2.51. The average Bonchev–Trinajstić information content (AvgIpc) is 2.11. The summed E-state index contributed by atoms with van der Waals surface area (Å²) in [6, 6.07) is 8.62. The first kappa shape index (κ1) is 9.07. The molecule has 0 saturated heterocycles. The zero-order valence-corrected chi connectivity index (χ0v) is 8.89. The van der Waals surface area contributed by atoms with Crippen LogP contribution in [0.25, 0.3) is 10.8 Å². The maximum Gasteiger partial charge on any atom is 0.0350 e. The van der Waals surface area contributed by atoms with Gasteiger partial charge in [-0.2, -0.15) is 0 Å². The van der Waals surface area contributed by atoms with E-state index in [1.54, 1.807) is 0 Å². The van der Waals surface area contributed by atoms with Gasteiger partial charge in [0, 0.05) is 5.69 Å². The van der Waals surface area contributed by atoms with Crippen molar-refractivity contribution in [2.24, 2.45) is 0 Å². The second-order valence-electron chi connectivity index (χ2n) is 3.99. The molecule has 0 unspecified atom stereocenters. The summed E-state index contributed by atoms with van der Waals surface area (Å²) in [5.41, 5.74) is 10.6. The molecule has 2 aromatic carbocycles. The van der Waals surface area contributed by atoms with Crippen LogP contribution in [0.1, 0.15) is 16.7 Å². The van der Waals surface area contributed by atoms with E-state index in [0.29, 0.717) is 0 Å². The normalized spacial score (nSPS) is 10.8. The number of anilines is 1. The van der Waals surface area contributed by atoms with Crippen LogP contribution >= 0.6 is 0 Å². The number of nitrogen functional groups attached to an aromatic ring is 1. The van der Waals surface area contributed by atoms with Gasteiger partial charge in [0.15, 0.2) is 0 Å². The SMILES string of the molecule is Cc1cc2cc(C)c(N)cc2cc1C. The summed E-state index contributed by atoms with van der Waals surface area (Å²) in [5.74, 6) is 0. The van der Waals surface area contributed by atoms with Gasteiger partial charge < -0.3 is 5.73 Å². The highest BCUT2D eigenvalue weighted by Gasteiger charge is 2.00. The summed E-state index contributed by atoms with van der Waals surface area (Å²) in [6.07, 6.45) is 0. The fourth-order valence-corrected chi connectivity index (χ4v) is 1.71. The molecule has 0 aliphatic carbocycles. The second kappa shape index (κ2) is 3.02. The molecule has 0 heterocycles. The van der Waals surface area contributed by atoms with Gasteiger partial charge in [-0.3, -0.25) is 0 Å². The molecular formula is C13H15N. The Labute approximate surface area is 84.5 Å². The molecule has 72 valence electrons. The van der Waals surface area contributed by atoms with E-state index in [1.807, 2.05) is 6.92 Å². The van der Waals surface area contributed by atoms with Gasteiger partial charge >= 0.3 is 0 Å². The molecule has 0 fully saturated rings. The Morgan fingerprint density at radius 3 is 1.71 bits per heavy atom. The Morgan fingerprint density at radius 1 is 0.714 bits per heavy atom. The molecule has 0 aromatic heterocycles. The van der Waals surface area contributed by atoms with Crippen molar-refractivity contribution in [2.75, 3.05) is 5.73 Å². The molecule has 2 aromatic rings. The Bertz CT molecular complexity index is 409. The zero-order chi connectivity index (χ0) is 10.3. The summed E-state index contributed by atoms with van der Waals surface area (Å²) < 4.78 is 0. The van der Waals surface area contributed by atoms with Gasteiger partial charge in [-0.25, -0.2) is 0 Å². The second-order valence-corrected chi connectivity index (χ2v) is 3.99. The first-order valence-electron chi connectivity index (χ1n) is 4.85. The molecule has 0 spiro atoms. The topological polar surface area (TPSA) is 26.0 Å². The molecule has 0 saturated carbocycles. The lowest BCUT2D eigenvalue weighted by atomic mass is 10.0. The summed E-state index contributed by atoms with van der Waals surface area (Å²) in [7, 11) is 0. The molecule has 14 heavy (non-hydrogen) atoms. The Hall–Kier alpha value is -1.50. The van der Waals surface area contributed by atoms with E-state index in [0.717, 1.165) is 11.3 Å². The van der Waals surface area contributed by atoms with Gasteiger partial charge in [-0.05, 0) is 60.4 Å². The van der Waals surface area contributed by atoms with Crippen molar-refractivity contribution in [3.05, 3.63) is 41.0 Å². The quantitative estimate of drug-likeness (QED) is 0.626. The van der Waals surface area contributed by atoms with Crippen molar-refractivity contribution in [3.8, 4) is 0 Å². The van der Waals surface area contributed by atoms with Crippen LogP contribution in [0, 0.1) is 20.8 Å². The number of fused-ring (bicyclic) bond motifs is 1. The third-order valence-electron chi connectivity index (χ3n) is 2.84. The van der Waals surface area contributed by atoms with Gasteiger partial charge in [-0.15, -0.1) is 0 Å². The van der Waals surface area contributed by atoms with Gasteiger partial charge in [0.25, 0.3) is 0 Å². The third kappa shape index (κ3) is 1.35. The Kier molecular flexibility index (Phi) is 1.95. The Balaban J connectivity index is 2.83. The summed E-state index contributed by atoms with van der Waals surface area (Å²) in [6.45, 7) is 6.31. The van der Waals surface area contributed by atoms with Crippen LogP contribution < -0.4 is 5.73 Å². The summed E-state index contributed by atoms with van der Waals surface area (Å²) in [4.78, 5) is 0. The van der Waals surface area contributed by atoms with Crippen LogP contribution in [0.2, 0.25) is 0 Å². The van der Waals surface area contributed by atoms with E-state index in [4.69, 9.17) is 5.73 Å². The maximum absolute atomic E-state index is 5.87. The van der Waals surface area contributed by atoms with Crippen LogP contribution in [0.15, 0.2) is 24.3 Å². The van der Waals surface area contributed by atoms with E-state index in [9.17, 15) is 0 Å². The maximum atomic E-state index is 5.87. The molecule has 1 nitrogen and oxygen atoms in total. The van der Waals surface area contributed by atoms with Gasteiger partial charge in [0.05, 0.1) is 0 Å². The fraction of sp³-hybridized carbons (Fsp3) is 0.231. The van der Waals surface area contributed by atoms with Crippen LogP contribution in [0.5, 0.6) is 0 Å². The van der Waals surface area contributed by atoms with Gasteiger partial charge in [0.2, 0.25) is 0 Å². The molecule has 2 N–H and O–H groups in total. The average molecular weight is 185 g/mol. The van der Waals surface area contributed by atoms with Crippen molar-refractivity contribution in [3.63, 3.8) is 0 Å². The number of nitrogens with two attached hydrogens (primary N) is 1. The van der Waals surface area contributed by atoms with Crippen molar-refractivity contribution >= 4 is 16.5 Å². The lowest BCUT2D eigenvalue weighted by Crippen LogP contribution is -1.90. The van der Waals surface area contributed by atoms with Crippen molar-refractivity contribution in [1.29, 1.82) is 0 Å². The predicted octanol–water partition coefficient (Wildman–Crippen LogP) is 3.35. The van der Waals surface area contributed by atoms with Crippen molar-refractivity contribution < 1.29 is 0 Å². The summed E-state index contributed by atoms with van der Waals surface area (Å²) >= 11 is 0. The highest BCUT2D eigenvalue weighted by atomic mass is 14.5. The molecular weight excluding hydrogens is 170 g/mol. The monoisotopic (exact) mass is 185 g/mol. The van der Waals surface area contributed by atoms with E-state index in [1.165, 1.54) is 21.9 Å². The number of aryl methyl sites for hydroxylation is 3. The molecule has 0 bridgehead atoms. The van der Waals surface area contributed by atoms with Gasteiger partial charge in [-0.1, -0.05) is 12.1 Å². The highest BCUT2D eigenvalue weighted by Crippen LogP contribution is 2.24. The molecule has 0 radical (unpaired) electrons. The first-order chi connectivity index (χ1) is 6.58. The minimum absolute atomic E-state index is 0.876. The number of hydrogen-bond acceptors (Lipinski definition) is 1. The van der Waals surface area contributed by atoms with E-state index in [-0.39, 0.29) is 0 Å². The van der Waals surface area contributed by atoms with Crippen molar-refractivity contribution in [1.82, 2.24) is 0 Å². The van der Waals surface area contributed by atoms with Crippen LogP contribution in [0.3, 0.4) is 0 Å². The van der Waals surface area contributed by atoms with Crippen molar-refractivity contribution in [2.45, 2.75) is 20.8 Å². The van der Waals surface area contributed by atoms with Gasteiger partial charge in [0.1, 0.15) is 0 Å². The largest absolute Gasteiger partial charge is 0.398 e. The van der Waals surface area contributed by atoms with E-state index in [2.05, 4.69) is 38.1 Å². The molecule has 0 aliphatic rings. The minimum Gasteiger partial charge on any atom is -0.398 e. The van der Waals surface area contributed by atoms with Crippen LogP contribution in [0.4, 0.5) is 5.69 Å². The molecule has 0 aliphatic heterocycles. The minimum atomic E-state index is 0.876. The highest BCUT2D eigenvalue weighted by molar-refractivity contribution is 5.88. The molecule has 0 atom stereocenters. The lowest BCUT2D eigenvalue weighted by molar-refractivity contribution is 1.36. The number of benzene rings is 2.